The van der Waals surface area contributed by atoms with E-state index in [1.54, 1.807) is 11.0 Å². The Morgan fingerprint density at radius 1 is 1.50 bits per heavy atom. The predicted molar refractivity (Wildman–Crippen MR) is 74.7 cm³/mol. The lowest BCUT2D eigenvalue weighted by atomic mass is 9.93. The van der Waals surface area contributed by atoms with Crippen LogP contribution in [-0.2, 0) is 0 Å². The minimum atomic E-state index is -0.565. The van der Waals surface area contributed by atoms with Gasteiger partial charge in [-0.25, -0.2) is 4.39 Å². The molecule has 0 spiro atoms. The average molecular weight is 275 g/mol. The number of carbonyl (C=O) groups is 1. The van der Waals surface area contributed by atoms with Gasteiger partial charge < -0.3 is 10.0 Å². The van der Waals surface area contributed by atoms with Crippen molar-refractivity contribution in [1.82, 2.24) is 4.90 Å². The summed E-state index contributed by atoms with van der Waals surface area (Å²) in [5, 5.41) is 8.60. The van der Waals surface area contributed by atoms with Crippen molar-refractivity contribution in [3.8, 4) is 11.8 Å². The fraction of sp³-hybridized carbons (Fsp3) is 0.438. The van der Waals surface area contributed by atoms with E-state index in [0.717, 1.165) is 6.42 Å². The second kappa shape index (κ2) is 5.64. The Balaban J connectivity index is 2.19. The second-order valence-electron chi connectivity index (χ2n) is 5.80. The van der Waals surface area contributed by atoms with Crippen LogP contribution in [0.15, 0.2) is 18.2 Å². The van der Waals surface area contributed by atoms with Gasteiger partial charge >= 0.3 is 0 Å². The first-order valence-corrected chi connectivity index (χ1v) is 6.61. The summed E-state index contributed by atoms with van der Waals surface area (Å²) >= 11 is 0. The van der Waals surface area contributed by atoms with Crippen molar-refractivity contribution in [1.29, 1.82) is 0 Å². The molecule has 20 heavy (non-hydrogen) atoms. The maximum atomic E-state index is 14.0. The van der Waals surface area contributed by atoms with Crippen LogP contribution < -0.4 is 0 Å². The Labute approximate surface area is 118 Å². The van der Waals surface area contributed by atoms with Crippen molar-refractivity contribution in [3.63, 3.8) is 0 Å². The summed E-state index contributed by atoms with van der Waals surface area (Å²) in [6, 6.07) is 4.29. The topological polar surface area (TPSA) is 40.5 Å². The van der Waals surface area contributed by atoms with Crippen LogP contribution in [0.4, 0.5) is 4.39 Å². The van der Waals surface area contributed by atoms with Gasteiger partial charge in [0.1, 0.15) is 12.4 Å². The van der Waals surface area contributed by atoms with Crippen LogP contribution in [0.1, 0.15) is 36.2 Å². The maximum absolute atomic E-state index is 14.0. The minimum absolute atomic E-state index is 0.0808. The van der Waals surface area contributed by atoms with Gasteiger partial charge in [-0.1, -0.05) is 25.7 Å². The fourth-order valence-corrected chi connectivity index (χ4v) is 2.36. The number of likely N-dealkylation sites (tertiary alicyclic amines) is 1. The number of halogens is 1. The summed E-state index contributed by atoms with van der Waals surface area (Å²) in [5.41, 5.74) is 0.630. The lowest BCUT2D eigenvalue weighted by Crippen LogP contribution is -2.30. The van der Waals surface area contributed by atoms with Gasteiger partial charge in [0.05, 0.1) is 5.56 Å². The third-order valence-electron chi connectivity index (χ3n) is 3.48. The maximum Gasteiger partial charge on any atom is 0.256 e. The molecule has 1 saturated heterocycles. The van der Waals surface area contributed by atoms with Gasteiger partial charge in [-0.05, 0) is 30.0 Å². The van der Waals surface area contributed by atoms with E-state index in [-0.39, 0.29) is 23.5 Å². The summed E-state index contributed by atoms with van der Waals surface area (Å²) in [5.74, 6) is 4.23. The molecule has 1 N–H and O–H groups in total. The van der Waals surface area contributed by atoms with Gasteiger partial charge in [0.2, 0.25) is 0 Å². The second-order valence-corrected chi connectivity index (χ2v) is 5.80. The lowest BCUT2D eigenvalue weighted by molar-refractivity contribution is 0.0773. The number of carbonyl (C=O) groups excluding carboxylic acids is 1. The molecule has 4 heteroatoms. The molecular formula is C16H18FNO2. The summed E-state index contributed by atoms with van der Waals surface area (Å²) in [6.07, 6.45) is 0.931. The Bertz CT molecular complexity index is 584. The van der Waals surface area contributed by atoms with E-state index >= 15 is 0 Å². The molecule has 1 aromatic rings. The first-order chi connectivity index (χ1) is 9.43. The summed E-state index contributed by atoms with van der Waals surface area (Å²) < 4.78 is 14.0. The highest BCUT2D eigenvalue weighted by atomic mass is 19.1. The lowest BCUT2D eigenvalue weighted by Gasteiger charge is -2.20. The molecule has 0 aromatic heterocycles. The van der Waals surface area contributed by atoms with Gasteiger partial charge in [-0.15, -0.1) is 0 Å². The number of benzene rings is 1. The standard InChI is InChI=1S/C16H18FNO2/c1-16(2)7-8-18(11-16)15(20)13-6-5-12(4-3-9-19)10-14(13)17/h5-6,10,19H,7-9,11H2,1-2H3. The van der Waals surface area contributed by atoms with Gasteiger partial charge in [0.15, 0.2) is 0 Å². The van der Waals surface area contributed by atoms with Crippen LogP contribution >= 0.6 is 0 Å². The SMILES string of the molecule is CC1(C)CCN(C(=O)c2ccc(C#CCO)cc2F)C1. The smallest absolute Gasteiger partial charge is 0.256 e. The number of nitrogens with zero attached hydrogens (tertiary/aromatic N) is 1. The molecule has 0 bridgehead atoms. The third-order valence-corrected chi connectivity index (χ3v) is 3.48. The molecule has 3 nitrogen and oxygen atoms in total. The zero-order valence-electron chi connectivity index (χ0n) is 11.7. The highest BCUT2D eigenvalue weighted by Gasteiger charge is 2.33. The Morgan fingerprint density at radius 3 is 2.80 bits per heavy atom. The van der Waals surface area contributed by atoms with Crippen LogP contribution in [-0.4, -0.2) is 35.6 Å². The van der Waals surface area contributed by atoms with Crippen LogP contribution in [0.25, 0.3) is 0 Å². The fourth-order valence-electron chi connectivity index (χ4n) is 2.36. The molecule has 1 aliphatic heterocycles. The van der Waals surface area contributed by atoms with Gasteiger partial charge in [-0.3, -0.25) is 4.79 Å². The van der Waals surface area contributed by atoms with E-state index in [9.17, 15) is 9.18 Å². The largest absolute Gasteiger partial charge is 0.384 e. The summed E-state index contributed by atoms with van der Waals surface area (Å²) in [7, 11) is 0. The molecule has 1 fully saturated rings. The molecule has 2 rings (SSSR count). The Hall–Kier alpha value is -1.86. The van der Waals surface area contributed by atoms with E-state index in [1.807, 2.05) is 0 Å². The monoisotopic (exact) mass is 275 g/mol. The van der Waals surface area contributed by atoms with E-state index < -0.39 is 5.82 Å². The number of aliphatic hydroxyl groups is 1. The van der Waals surface area contributed by atoms with Crippen molar-refractivity contribution < 1.29 is 14.3 Å². The van der Waals surface area contributed by atoms with E-state index in [4.69, 9.17) is 5.11 Å². The highest BCUT2D eigenvalue weighted by Crippen LogP contribution is 2.30. The van der Waals surface area contributed by atoms with E-state index in [1.165, 1.54) is 12.1 Å². The molecule has 0 atom stereocenters. The van der Waals surface area contributed by atoms with Gasteiger partial charge in [0.25, 0.3) is 5.91 Å². The van der Waals surface area contributed by atoms with Crippen LogP contribution in [0.5, 0.6) is 0 Å². The van der Waals surface area contributed by atoms with Crippen molar-refractivity contribution in [2.24, 2.45) is 5.41 Å². The van der Waals surface area contributed by atoms with Gasteiger partial charge in [-0.2, -0.15) is 0 Å². The molecule has 1 amide bonds. The van der Waals surface area contributed by atoms with E-state index in [2.05, 4.69) is 25.7 Å². The number of hydrogen-bond donors (Lipinski definition) is 1. The molecule has 0 aliphatic carbocycles. The minimum Gasteiger partial charge on any atom is -0.384 e. The molecule has 1 aliphatic rings. The number of aliphatic hydroxyl groups excluding tert-OH is 1. The zero-order valence-corrected chi connectivity index (χ0v) is 11.7. The molecular weight excluding hydrogens is 257 g/mol. The van der Waals surface area contributed by atoms with Crippen LogP contribution in [0, 0.1) is 23.1 Å². The summed E-state index contributed by atoms with van der Waals surface area (Å²) in [4.78, 5) is 14.0. The highest BCUT2D eigenvalue weighted by molar-refractivity contribution is 5.94. The molecule has 0 unspecified atom stereocenters. The number of rotatable bonds is 1. The Morgan fingerprint density at radius 2 is 2.25 bits per heavy atom. The predicted octanol–water partition coefficient (Wildman–Crippen LogP) is 2.04. The van der Waals surface area contributed by atoms with E-state index in [0.29, 0.717) is 18.7 Å². The first kappa shape index (κ1) is 14.5. The third kappa shape index (κ3) is 3.17. The van der Waals surface area contributed by atoms with Crippen molar-refractivity contribution in [3.05, 3.63) is 35.1 Å². The normalized spacial score (nSPS) is 16.7. The average Bonchev–Trinajstić information content (AvgIpc) is 2.76. The zero-order chi connectivity index (χ0) is 14.8. The molecule has 1 heterocycles. The number of hydrogen-bond acceptors (Lipinski definition) is 2. The molecule has 0 radical (unpaired) electrons. The van der Waals surface area contributed by atoms with Crippen molar-refractivity contribution in [2.75, 3.05) is 19.7 Å². The van der Waals surface area contributed by atoms with Crippen molar-refractivity contribution in [2.45, 2.75) is 20.3 Å². The first-order valence-electron chi connectivity index (χ1n) is 6.61. The Kier molecular flexibility index (Phi) is 4.10. The van der Waals surface area contributed by atoms with Gasteiger partial charge in [0, 0.05) is 18.7 Å². The van der Waals surface area contributed by atoms with Crippen molar-refractivity contribution >= 4 is 5.91 Å². The summed E-state index contributed by atoms with van der Waals surface area (Å²) in [6.45, 7) is 5.24. The van der Waals surface area contributed by atoms with Crippen LogP contribution in [0.3, 0.4) is 0 Å². The molecule has 1 aromatic carbocycles. The number of amides is 1. The molecule has 106 valence electrons. The molecule has 0 saturated carbocycles. The van der Waals surface area contributed by atoms with Crippen LogP contribution in [0.2, 0.25) is 0 Å². The quantitative estimate of drug-likeness (QED) is 0.797.